The van der Waals surface area contributed by atoms with Gasteiger partial charge in [0.1, 0.15) is 54.4 Å². The SMILES string of the molecule is CCC(C)[C@H](NC(=O)CNC(=O)[C@H](C)NC(=O)[C@H](C)NC(=O)[C@H](Cc1c[nH]c2ccccc12)NC(=O)[C@H](CS)NC(=O)[C@H](C)N)C(=O)N[C@@H](CCCCN)C(=O)N[C@@H](CCC(N)=O)C(=O)N[C@@H](CCC(=O)O)C(=O)N[C@@H](Cc1ccccc1)C(N)=O. The number of nitrogens with one attached hydrogen (secondary N) is 11. The number of para-hydroxylation sites is 1. The lowest BCUT2D eigenvalue weighted by molar-refractivity contribution is -0.138. The number of carboxylic acids is 1. The van der Waals surface area contributed by atoms with Gasteiger partial charge in [0.05, 0.1) is 12.6 Å². The van der Waals surface area contributed by atoms with E-state index in [0.29, 0.717) is 24.0 Å². The van der Waals surface area contributed by atoms with E-state index in [0.717, 1.165) is 10.9 Å². The first kappa shape index (κ1) is 71.6. The highest BCUT2D eigenvalue weighted by Gasteiger charge is 2.35. The van der Waals surface area contributed by atoms with Crippen LogP contribution in [0.5, 0.6) is 0 Å². The highest BCUT2D eigenvalue weighted by Crippen LogP contribution is 2.20. The summed E-state index contributed by atoms with van der Waals surface area (Å²) in [6.07, 6.45) is 0.567. The lowest BCUT2D eigenvalue weighted by Crippen LogP contribution is -2.60. The van der Waals surface area contributed by atoms with E-state index in [1.807, 2.05) is 18.2 Å². The Morgan fingerprint density at radius 2 is 1.07 bits per heavy atom. The molecule has 0 bridgehead atoms. The molecule has 11 atom stereocenters. The molecule has 2 aromatic carbocycles. The zero-order chi connectivity index (χ0) is 64.2. The summed E-state index contributed by atoms with van der Waals surface area (Å²) in [5, 5.41) is 35.3. The number of primary amides is 2. The molecule has 0 saturated carbocycles. The summed E-state index contributed by atoms with van der Waals surface area (Å²) >= 11 is 4.18. The zero-order valence-corrected chi connectivity index (χ0v) is 49.7. The molecule has 0 spiro atoms. The molecular formula is C56H83N15O14S. The van der Waals surface area contributed by atoms with E-state index in [4.69, 9.17) is 22.9 Å². The topological polar surface area (TPSA) is 482 Å². The Labute approximate surface area is 503 Å². The van der Waals surface area contributed by atoms with Gasteiger partial charge in [-0.05, 0) is 82.5 Å². The molecule has 12 amide bonds. The molecule has 3 aromatic rings. The first-order valence-corrected chi connectivity index (χ1v) is 28.8. The summed E-state index contributed by atoms with van der Waals surface area (Å²) in [7, 11) is 0. The first-order chi connectivity index (χ1) is 40.7. The van der Waals surface area contributed by atoms with E-state index < -0.39 is 175 Å². The normalized spacial score (nSPS) is 14.9. The molecule has 3 rings (SSSR count). The average Bonchev–Trinajstić information content (AvgIpc) is 4.02. The summed E-state index contributed by atoms with van der Waals surface area (Å²) in [5.41, 5.74) is 24.4. The third-order valence-electron chi connectivity index (χ3n) is 13.8. The molecule has 30 heteroatoms. The summed E-state index contributed by atoms with van der Waals surface area (Å²) in [4.78, 5) is 175. The maximum absolute atomic E-state index is 14.1. The van der Waals surface area contributed by atoms with Crippen molar-refractivity contribution in [2.24, 2.45) is 28.9 Å². The lowest BCUT2D eigenvalue weighted by Gasteiger charge is -2.28. The van der Waals surface area contributed by atoms with Crippen LogP contribution in [0, 0.1) is 5.92 Å². The second-order valence-corrected chi connectivity index (χ2v) is 21.2. The monoisotopic (exact) mass is 1220 g/mol. The Hall–Kier alpha value is -8.64. The summed E-state index contributed by atoms with van der Waals surface area (Å²) < 4.78 is 0. The molecule has 0 aliphatic carbocycles. The van der Waals surface area contributed by atoms with E-state index in [1.165, 1.54) is 20.8 Å². The number of carboxylic acid groups (broad SMARTS) is 1. The highest BCUT2D eigenvalue weighted by molar-refractivity contribution is 7.80. The van der Waals surface area contributed by atoms with Crippen molar-refractivity contribution in [3.05, 3.63) is 71.9 Å². The molecule has 0 aliphatic heterocycles. The van der Waals surface area contributed by atoms with Crippen LogP contribution >= 0.6 is 12.6 Å². The molecule has 0 saturated heterocycles. The Balaban J connectivity index is 1.71. The minimum Gasteiger partial charge on any atom is -0.481 e. The van der Waals surface area contributed by atoms with Crippen molar-refractivity contribution in [1.82, 2.24) is 58.2 Å². The fourth-order valence-corrected chi connectivity index (χ4v) is 8.79. The number of H-pyrrole nitrogens is 1. The van der Waals surface area contributed by atoms with E-state index in [1.54, 1.807) is 56.4 Å². The minimum atomic E-state index is -1.60. The fourth-order valence-electron chi connectivity index (χ4n) is 8.53. The molecular weight excluding hydrogens is 1140 g/mol. The third kappa shape index (κ3) is 24.1. The largest absolute Gasteiger partial charge is 0.481 e. The van der Waals surface area contributed by atoms with Crippen LogP contribution in [-0.4, -0.2) is 166 Å². The smallest absolute Gasteiger partial charge is 0.303 e. The van der Waals surface area contributed by atoms with Crippen LogP contribution < -0.4 is 76.1 Å². The van der Waals surface area contributed by atoms with Gasteiger partial charge in [-0.3, -0.25) is 62.3 Å². The van der Waals surface area contributed by atoms with Gasteiger partial charge in [0.2, 0.25) is 70.9 Å². The van der Waals surface area contributed by atoms with Crippen LogP contribution in [0.1, 0.15) is 97.1 Å². The van der Waals surface area contributed by atoms with Gasteiger partial charge < -0.3 is 86.2 Å². The number of rotatable bonds is 38. The van der Waals surface area contributed by atoms with Gasteiger partial charge in [-0.1, -0.05) is 68.8 Å². The number of fused-ring (bicyclic) bond motifs is 1. The van der Waals surface area contributed by atoms with Crippen molar-refractivity contribution in [2.45, 2.75) is 159 Å². The van der Waals surface area contributed by atoms with Gasteiger partial charge >= 0.3 is 5.97 Å². The summed E-state index contributed by atoms with van der Waals surface area (Å²) in [6, 6.07) is 2.59. The van der Waals surface area contributed by atoms with Crippen molar-refractivity contribution in [3.63, 3.8) is 0 Å². The number of hydrogen-bond donors (Lipinski definition) is 17. The van der Waals surface area contributed by atoms with Crippen molar-refractivity contribution in [1.29, 1.82) is 0 Å². The fraction of sp³-hybridized carbons (Fsp3) is 0.518. The van der Waals surface area contributed by atoms with Crippen molar-refractivity contribution < 1.29 is 67.4 Å². The van der Waals surface area contributed by atoms with E-state index >= 15 is 0 Å². The van der Waals surface area contributed by atoms with Gasteiger partial charge in [0, 0.05) is 48.5 Å². The van der Waals surface area contributed by atoms with Crippen LogP contribution in [0.4, 0.5) is 0 Å². The molecule has 1 heterocycles. The maximum atomic E-state index is 14.1. The number of aliphatic carboxylic acids is 1. The number of carbonyl (C=O) groups excluding carboxylic acids is 12. The molecule has 1 unspecified atom stereocenters. The molecule has 0 fully saturated rings. The number of amides is 12. The molecule has 0 radical (unpaired) electrons. The predicted molar refractivity (Wildman–Crippen MR) is 318 cm³/mol. The van der Waals surface area contributed by atoms with Crippen LogP contribution in [-0.2, 0) is 75.2 Å². The third-order valence-corrected chi connectivity index (χ3v) is 14.2. The summed E-state index contributed by atoms with van der Waals surface area (Å²) in [5.74, 6) is -12.3. The first-order valence-electron chi connectivity index (χ1n) is 28.1. The van der Waals surface area contributed by atoms with Gasteiger partial charge in [-0.2, -0.15) is 12.6 Å². The van der Waals surface area contributed by atoms with E-state index in [-0.39, 0.29) is 38.0 Å². The van der Waals surface area contributed by atoms with Gasteiger partial charge in [-0.25, -0.2) is 0 Å². The maximum Gasteiger partial charge on any atom is 0.303 e. The van der Waals surface area contributed by atoms with Crippen LogP contribution in [0.25, 0.3) is 10.9 Å². The number of aromatic amines is 1. The molecule has 0 aliphatic rings. The zero-order valence-electron chi connectivity index (χ0n) is 48.8. The minimum absolute atomic E-state index is 0.0394. The predicted octanol–water partition coefficient (Wildman–Crippen LogP) is -3.46. The Morgan fingerprint density at radius 1 is 0.558 bits per heavy atom. The van der Waals surface area contributed by atoms with Gasteiger partial charge in [0.15, 0.2) is 0 Å². The Morgan fingerprint density at radius 3 is 1.64 bits per heavy atom. The highest BCUT2D eigenvalue weighted by atomic mass is 32.1. The Bertz CT molecular complexity index is 2860. The number of benzene rings is 2. The average molecular weight is 1220 g/mol. The quantitative estimate of drug-likeness (QED) is 0.0196. The molecule has 29 nitrogen and oxygen atoms in total. The number of thiol groups is 1. The number of unbranched alkanes of at least 4 members (excludes halogenated alkanes) is 1. The van der Waals surface area contributed by atoms with Gasteiger partial charge in [-0.15, -0.1) is 0 Å². The van der Waals surface area contributed by atoms with Crippen LogP contribution in [0.15, 0.2) is 60.8 Å². The summed E-state index contributed by atoms with van der Waals surface area (Å²) in [6.45, 7) is 6.95. The number of hydrogen-bond acceptors (Lipinski definition) is 16. The van der Waals surface area contributed by atoms with Crippen LogP contribution in [0.3, 0.4) is 0 Å². The van der Waals surface area contributed by atoms with Crippen molar-refractivity contribution >= 4 is 100 Å². The second-order valence-electron chi connectivity index (χ2n) is 20.8. The van der Waals surface area contributed by atoms with Gasteiger partial charge in [0.25, 0.3) is 0 Å². The number of nitrogens with two attached hydrogens (primary N) is 4. The molecule has 86 heavy (non-hydrogen) atoms. The number of aromatic nitrogens is 1. The Kier molecular flexibility index (Phi) is 30.2. The molecule has 472 valence electrons. The molecule has 20 N–H and O–H groups in total. The van der Waals surface area contributed by atoms with E-state index in [2.05, 4.69) is 70.8 Å². The number of carbonyl (C=O) groups is 13. The van der Waals surface area contributed by atoms with E-state index in [9.17, 15) is 67.4 Å². The lowest BCUT2D eigenvalue weighted by atomic mass is 9.97. The molecule has 1 aromatic heterocycles. The van der Waals surface area contributed by atoms with Crippen LogP contribution in [0.2, 0.25) is 0 Å². The van der Waals surface area contributed by atoms with Crippen molar-refractivity contribution in [2.75, 3.05) is 18.8 Å². The second kappa shape index (κ2) is 36.3. The standard InChI is InChI=1S/C56H83N15O14S/c1-6-29(2)46(56(85)67-37(18-12-13-23-57)51(80)65-38(19-21-43(59)72)52(81)66-39(20-22-45(74)75)53(82)68-40(47(60)76)24-33-14-8-7-9-15-33)71-44(73)27-62-49(78)31(4)63-50(79)32(5)64-54(83)41(25-34-26-61-36-17-11-10-16-35(34)36)69-55(84)42(28-86)70-48(77)30(3)58/h7-11,14-17,26,29-32,37-42,46,61,86H,6,12-13,18-25,27-28,57-58H2,1-5H3,(H2,59,72)(H2,60,76)(H,62,78)(H,63,79)(H,64,83)(H,65,80)(H,66,81)(H,67,85)(H,68,82)(H,69,84)(H,70,77)(H,71,73)(H,74,75)/t29?,30-,31-,32-,37-,38-,39-,40-,41-,42-,46-/m0/s1. The van der Waals surface area contributed by atoms with Crippen molar-refractivity contribution in [3.8, 4) is 0 Å².